The number of carboxylic acids is 1. The standard InChI is InChI=1S/C12H16FNO5S/c1-3-10(7-19-2)14-20(17,18)11-5-8(12(15)16)4-9(13)6-11/h4-6,10,14H,3,7H2,1-2H3,(H,15,16)/t10-/m1/s1. The Hall–Kier alpha value is -1.51. The molecule has 1 rings (SSSR count). The third kappa shape index (κ3) is 4.26. The minimum atomic E-state index is -4.01. The van der Waals surface area contributed by atoms with Gasteiger partial charge < -0.3 is 9.84 Å². The molecular formula is C12H16FNO5S. The number of hydrogen-bond donors (Lipinski definition) is 2. The summed E-state index contributed by atoms with van der Waals surface area (Å²) in [5, 5.41) is 8.81. The van der Waals surface area contributed by atoms with E-state index in [1.165, 1.54) is 7.11 Å². The van der Waals surface area contributed by atoms with Crippen molar-refractivity contribution in [2.45, 2.75) is 24.3 Å². The molecule has 8 heteroatoms. The largest absolute Gasteiger partial charge is 0.478 e. The van der Waals surface area contributed by atoms with Crippen LogP contribution < -0.4 is 4.72 Å². The summed E-state index contributed by atoms with van der Waals surface area (Å²) in [5.74, 6) is -2.32. The van der Waals surface area contributed by atoms with Crippen LogP contribution >= 0.6 is 0 Å². The third-order valence-electron chi connectivity index (χ3n) is 2.61. The smallest absolute Gasteiger partial charge is 0.335 e. The number of nitrogens with one attached hydrogen (secondary N) is 1. The molecule has 112 valence electrons. The number of methoxy groups -OCH3 is 1. The summed E-state index contributed by atoms with van der Waals surface area (Å²) in [4.78, 5) is 10.4. The predicted octanol–water partition coefficient (Wildman–Crippen LogP) is 1.23. The highest BCUT2D eigenvalue weighted by Crippen LogP contribution is 2.15. The Bertz CT molecular complexity index is 588. The number of carboxylic acid groups (broad SMARTS) is 1. The molecule has 0 bridgehead atoms. The number of ether oxygens (including phenoxy) is 1. The SMILES string of the molecule is CC[C@H](COC)NS(=O)(=O)c1cc(F)cc(C(=O)O)c1. The van der Waals surface area contributed by atoms with E-state index in [0.717, 1.165) is 18.2 Å². The maximum Gasteiger partial charge on any atom is 0.335 e. The first-order chi connectivity index (χ1) is 9.30. The molecule has 0 saturated heterocycles. The molecule has 1 atom stereocenters. The van der Waals surface area contributed by atoms with Gasteiger partial charge in [-0.25, -0.2) is 22.3 Å². The van der Waals surface area contributed by atoms with E-state index in [0.29, 0.717) is 6.42 Å². The van der Waals surface area contributed by atoms with Gasteiger partial charge in [0, 0.05) is 13.2 Å². The van der Waals surface area contributed by atoms with Crippen LogP contribution in [0.3, 0.4) is 0 Å². The molecule has 0 radical (unpaired) electrons. The van der Waals surface area contributed by atoms with Crippen LogP contribution in [0.2, 0.25) is 0 Å². The molecule has 0 aliphatic heterocycles. The summed E-state index contributed by atoms with van der Waals surface area (Å²) in [7, 11) is -2.57. The lowest BCUT2D eigenvalue weighted by Gasteiger charge is -2.16. The number of sulfonamides is 1. The van der Waals surface area contributed by atoms with Crippen LogP contribution in [0.15, 0.2) is 23.1 Å². The molecule has 20 heavy (non-hydrogen) atoms. The second kappa shape index (κ2) is 6.78. The summed E-state index contributed by atoms with van der Waals surface area (Å²) in [6.07, 6.45) is 0.480. The highest BCUT2D eigenvalue weighted by Gasteiger charge is 2.21. The quantitative estimate of drug-likeness (QED) is 0.790. The number of rotatable bonds is 7. The minimum absolute atomic E-state index is 0.164. The van der Waals surface area contributed by atoms with Gasteiger partial charge in [0.2, 0.25) is 10.0 Å². The molecule has 1 aromatic carbocycles. The van der Waals surface area contributed by atoms with Crippen LogP contribution in [0.4, 0.5) is 4.39 Å². The van der Waals surface area contributed by atoms with E-state index in [2.05, 4.69) is 4.72 Å². The van der Waals surface area contributed by atoms with Crippen molar-refractivity contribution in [3.05, 3.63) is 29.6 Å². The molecule has 0 unspecified atom stereocenters. The first-order valence-electron chi connectivity index (χ1n) is 5.85. The molecule has 1 aromatic rings. The molecule has 0 saturated carbocycles. The van der Waals surface area contributed by atoms with Crippen molar-refractivity contribution in [2.75, 3.05) is 13.7 Å². The molecule has 0 aliphatic carbocycles. The fraction of sp³-hybridized carbons (Fsp3) is 0.417. The van der Waals surface area contributed by atoms with Gasteiger partial charge in [0.15, 0.2) is 0 Å². The second-order valence-electron chi connectivity index (χ2n) is 4.16. The highest BCUT2D eigenvalue weighted by atomic mass is 32.2. The lowest BCUT2D eigenvalue weighted by molar-refractivity contribution is 0.0696. The maximum atomic E-state index is 13.3. The van der Waals surface area contributed by atoms with E-state index in [1.807, 2.05) is 0 Å². The van der Waals surface area contributed by atoms with Gasteiger partial charge in [0.25, 0.3) is 0 Å². The number of carbonyl (C=O) groups is 1. The maximum absolute atomic E-state index is 13.3. The van der Waals surface area contributed by atoms with Crippen LogP contribution in [0, 0.1) is 5.82 Å². The zero-order valence-corrected chi connectivity index (χ0v) is 11.9. The van der Waals surface area contributed by atoms with Gasteiger partial charge in [-0.2, -0.15) is 0 Å². The van der Waals surface area contributed by atoms with Gasteiger partial charge in [0.05, 0.1) is 17.1 Å². The van der Waals surface area contributed by atoms with E-state index in [-0.39, 0.29) is 6.61 Å². The van der Waals surface area contributed by atoms with E-state index in [1.54, 1.807) is 6.92 Å². The second-order valence-corrected chi connectivity index (χ2v) is 5.88. The minimum Gasteiger partial charge on any atom is -0.478 e. The normalized spacial score (nSPS) is 13.2. The Morgan fingerprint density at radius 3 is 2.60 bits per heavy atom. The summed E-state index contributed by atoms with van der Waals surface area (Å²) in [6, 6.07) is 1.97. The molecule has 0 aliphatic rings. The molecule has 0 aromatic heterocycles. The molecule has 2 N–H and O–H groups in total. The van der Waals surface area contributed by atoms with Crippen LogP contribution in [-0.4, -0.2) is 39.3 Å². The Balaban J connectivity index is 3.12. The zero-order valence-electron chi connectivity index (χ0n) is 11.1. The summed E-state index contributed by atoms with van der Waals surface area (Å²) >= 11 is 0. The van der Waals surface area contributed by atoms with Crippen LogP contribution in [0.5, 0.6) is 0 Å². The molecule has 0 spiro atoms. The number of aromatic carboxylic acids is 1. The van der Waals surface area contributed by atoms with Crippen molar-refractivity contribution in [1.82, 2.24) is 4.72 Å². The Kier molecular flexibility index (Phi) is 5.61. The average Bonchev–Trinajstić information content (AvgIpc) is 2.37. The molecule has 6 nitrogen and oxygen atoms in total. The van der Waals surface area contributed by atoms with Gasteiger partial charge in [-0.1, -0.05) is 6.92 Å². The van der Waals surface area contributed by atoms with Crippen molar-refractivity contribution >= 4 is 16.0 Å². The Labute approximate surface area is 116 Å². The average molecular weight is 305 g/mol. The third-order valence-corrected chi connectivity index (χ3v) is 4.11. The van der Waals surface area contributed by atoms with Crippen molar-refractivity contribution in [3.63, 3.8) is 0 Å². The summed E-state index contributed by atoms with van der Waals surface area (Å²) in [5.41, 5.74) is -0.426. The van der Waals surface area contributed by atoms with Crippen LogP contribution in [0.25, 0.3) is 0 Å². The molecule has 0 heterocycles. The van der Waals surface area contributed by atoms with E-state index < -0.39 is 38.3 Å². The van der Waals surface area contributed by atoms with E-state index in [4.69, 9.17) is 9.84 Å². The van der Waals surface area contributed by atoms with Gasteiger partial charge in [-0.15, -0.1) is 0 Å². The topological polar surface area (TPSA) is 92.7 Å². The fourth-order valence-electron chi connectivity index (χ4n) is 1.57. The summed E-state index contributed by atoms with van der Waals surface area (Å²) in [6.45, 7) is 1.93. The van der Waals surface area contributed by atoms with Crippen molar-refractivity contribution in [3.8, 4) is 0 Å². The van der Waals surface area contributed by atoms with Crippen molar-refractivity contribution in [1.29, 1.82) is 0 Å². The van der Waals surface area contributed by atoms with Gasteiger partial charge in [0.1, 0.15) is 5.82 Å². The van der Waals surface area contributed by atoms with Gasteiger partial charge in [-0.3, -0.25) is 0 Å². The van der Waals surface area contributed by atoms with Gasteiger partial charge in [-0.05, 0) is 24.6 Å². The number of halogens is 1. The first-order valence-corrected chi connectivity index (χ1v) is 7.33. The monoisotopic (exact) mass is 305 g/mol. The fourth-order valence-corrected chi connectivity index (χ4v) is 2.92. The van der Waals surface area contributed by atoms with Crippen LogP contribution in [-0.2, 0) is 14.8 Å². The Morgan fingerprint density at radius 1 is 1.45 bits per heavy atom. The Morgan fingerprint density at radius 2 is 2.10 bits per heavy atom. The van der Waals surface area contributed by atoms with Crippen molar-refractivity contribution in [2.24, 2.45) is 0 Å². The molecule has 0 amide bonds. The van der Waals surface area contributed by atoms with Gasteiger partial charge >= 0.3 is 5.97 Å². The summed E-state index contributed by atoms with van der Waals surface area (Å²) < 4.78 is 44.7. The predicted molar refractivity (Wildman–Crippen MR) is 69.6 cm³/mol. The molecule has 0 fully saturated rings. The lowest BCUT2D eigenvalue weighted by atomic mass is 10.2. The molecular weight excluding hydrogens is 289 g/mol. The van der Waals surface area contributed by atoms with E-state index in [9.17, 15) is 17.6 Å². The number of benzene rings is 1. The zero-order chi connectivity index (χ0) is 15.3. The lowest BCUT2D eigenvalue weighted by Crippen LogP contribution is -2.37. The number of hydrogen-bond acceptors (Lipinski definition) is 4. The first kappa shape index (κ1) is 16.5. The van der Waals surface area contributed by atoms with Crippen LogP contribution in [0.1, 0.15) is 23.7 Å². The van der Waals surface area contributed by atoms with E-state index >= 15 is 0 Å². The van der Waals surface area contributed by atoms with Crippen molar-refractivity contribution < 1.29 is 27.4 Å². The highest BCUT2D eigenvalue weighted by molar-refractivity contribution is 7.89.